The molecule has 4 N–H and O–H groups in total. The standard InChI is InChI=1S/C21H32N4O2/c1-20(2)11-15(12-21(3,4)25-20)22-19(26)17-10-16(23-24-17)13-5-6-18-14(9-13)7-8-27-18/h5-6,9,15-17,23-25H,7-8,10-12H2,1-4H3,(H,22,26). The van der Waals surface area contributed by atoms with Crippen LogP contribution in [0.3, 0.4) is 0 Å². The van der Waals surface area contributed by atoms with E-state index in [4.69, 9.17) is 4.74 Å². The second kappa shape index (κ2) is 6.76. The molecule has 0 aliphatic carbocycles. The first-order chi connectivity index (χ1) is 12.7. The van der Waals surface area contributed by atoms with Crippen LogP contribution in [0, 0.1) is 0 Å². The summed E-state index contributed by atoms with van der Waals surface area (Å²) >= 11 is 0. The highest BCUT2D eigenvalue weighted by Gasteiger charge is 2.39. The van der Waals surface area contributed by atoms with Gasteiger partial charge in [-0.3, -0.25) is 4.79 Å². The van der Waals surface area contributed by atoms with Gasteiger partial charge >= 0.3 is 0 Å². The van der Waals surface area contributed by atoms with E-state index in [1.165, 1.54) is 11.1 Å². The van der Waals surface area contributed by atoms with Crippen LogP contribution in [0.1, 0.15) is 64.1 Å². The topological polar surface area (TPSA) is 74.4 Å². The van der Waals surface area contributed by atoms with E-state index in [0.29, 0.717) is 0 Å². The van der Waals surface area contributed by atoms with E-state index in [0.717, 1.165) is 38.0 Å². The number of carbonyl (C=O) groups excluding carboxylic acids is 1. The molecule has 3 heterocycles. The van der Waals surface area contributed by atoms with Crippen LogP contribution in [-0.2, 0) is 11.2 Å². The lowest BCUT2D eigenvalue weighted by atomic mass is 9.79. The minimum Gasteiger partial charge on any atom is -0.493 e. The molecule has 6 nitrogen and oxygen atoms in total. The Hall–Kier alpha value is -1.63. The third-order valence-corrected chi connectivity index (χ3v) is 5.87. The number of hydrazine groups is 1. The number of amides is 1. The summed E-state index contributed by atoms with van der Waals surface area (Å²) in [6.07, 6.45) is 3.60. The number of hydrogen-bond acceptors (Lipinski definition) is 5. The van der Waals surface area contributed by atoms with Gasteiger partial charge in [0.1, 0.15) is 11.8 Å². The minimum atomic E-state index is -0.208. The Kier molecular flexibility index (Phi) is 4.69. The Labute approximate surface area is 161 Å². The van der Waals surface area contributed by atoms with Crippen molar-refractivity contribution >= 4 is 5.91 Å². The SMILES string of the molecule is CC1(C)CC(NC(=O)C2CC(c3ccc4c(c3)CCO4)NN2)CC(C)(C)N1. The predicted molar refractivity (Wildman–Crippen MR) is 106 cm³/mol. The molecule has 27 heavy (non-hydrogen) atoms. The zero-order valence-electron chi connectivity index (χ0n) is 16.8. The fourth-order valence-electron chi connectivity index (χ4n) is 5.10. The molecule has 0 spiro atoms. The van der Waals surface area contributed by atoms with E-state index in [2.05, 4.69) is 61.3 Å². The number of carbonyl (C=O) groups is 1. The highest BCUT2D eigenvalue weighted by Crippen LogP contribution is 2.31. The van der Waals surface area contributed by atoms with Gasteiger partial charge < -0.3 is 15.4 Å². The van der Waals surface area contributed by atoms with E-state index >= 15 is 0 Å². The fourth-order valence-corrected chi connectivity index (χ4v) is 5.10. The zero-order valence-corrected chi connectivity index (χ0v) is 16.8. The van der Waals surface area contributed by atoms with Gasteiger partial charge in [-0.1, -0.05) is 12.1 Å². The second-order valence-corrected chi connectivity index (χ2v) is 9.60. The maximum Gasteiger partial charge on any atom is 0.238 e. The van der Waals surface area contributed by atoms with E-state index in [1.54, 1.807) is 0 Å². The molecular formula is C21H32N4O2. The smallest absolute Gasteiger partial charge is 0.238 e. The predicted octanol–water partition coefficient (Wildman–Crippen LogP) is 1.95. The monoisotopic (exact) mass is 372 g/mol. The van der Waals surface area contributed by atoms with Crippen LogP contribution in [0.15, 0.2) is 18.2 Å². The largest absolute Gasteiger partial charge is 0.493 e. The van der Waals surface area contributed by atoms with Crippen LogP contribution in [0.4, 0.5) is 0 Å². The molecule has 4 rings (SSSR count). The lowest BCUT2D eigenvalue weighted by Gasteiger charge is -2.46. The molecule has 6 heteroatoms. The number of hydrogen-bond donors (Lipinski definition) is 4. The molecular weight excluding hydrogens is 340 g/mol. The molecule has 1 aromatic carbocycles. The molecule has 2 atom stereocenters. The molecule has 0 saturated carbocycles. The summed E-state index contributed by atoms with van der Waals surface area (Å²) in [7, 11) is 0. The molecule has 1 aromatic rings. The van der Waals surface area contributed by atoms with Gasteiger partial charge in [0.2, 0.25) is 5.91 Å². The average molecular weight is 373 g/mol. The van der Waals surface area contributed by atoms with Gasteiger partial charge in [0.25, 0.3) is 0 Å². The number of benzene rings is 1. The van der Waals surface area contributed by atoms with Crippen LogP contribution in [0.2, 0.25) is 0 Å². The zero-order chi connectivity index (χ0) is 19.2. The van der Waals surface area contributed by atoms with Crippen molar-refractivity contribution in [1.29, 1.82) is 0 Å². The Morgan fingerprint density at radius 3 is 2.63 bits per heavy atom. The van der Waals surface area contributed by atoms with Gasteiger partial charge in [0.05, 0.1) is 6.61 Å². The highest BCUT2D eigenvalue weighted by atomic mass is 16.5. The summed E-state index contributed by atoms with van der Waals surface area (Å²) in [5.41, 5.74) is 9.02. The normalized spacial score (nSPS) is 29.2. The van der Waals surface area contributed by atoms with Crippen LogP contribution >= 0.6 is 0 Å². The van der Waals surface area contributed by atoms with Gasteiger partial charge in [-0.25, -0.2) is 10.9 Å². The van der Waals surface area contributed by atoms with Crippen LogP contribution in [0.5, 0.6) is 5.75 Å². The maximum atomic E-state index is 12.8. The minimum absolute atomic E-state index is 0.0239. The van der Waals surface area contributed by atoms with Gasteiger partial charge in [-0.05, 0) is 64.2 Å². The van der Waals surface area contributed by atoms with E-state index in [-0.39, 0.29) is 35.1 Å². The molecule has 3 aliphatic heterocycles. The van der Waals surface area contributed by atoms with Gasteiger partial charge in [0.15, 0.2) is 0 Å². The molecule has 2 unspecified atom stereocenters. The molecule has 0 aromatic heterocycles. The number of nitrogens with one attached hydrogen (secondary N) is 4. The lowest BCUT2D eigenvalue weighted by molar-refractivity contribution is -0.124. The van der Waals surface area contributed by atoms with Crippen molar-refractivity contribution in [2.75, 3.05) is 6.61 Å². The van der Waals surface area contributed by atoms with Crippen LogP contribution in [-0.4, -0.2) is 35.7 Å². The number of piperidine rings is 1. The molecule has 0 bridgehead atoms. The Morgan fingerprint density at radius 1 is 1.15 bits per heavy atom. The van der Waals surface area contributed by atoms with E-state index < -0.39 is 0 Å². The van der Waals surface area contributed by atoms with Crippen molar-refractivity contribution in [3.8, 4) is 5.75 Å². The van der Waals surface area contributed by atoms with E-state index in [9.17, 15) is 4.79 Å². The third kappa shape index (κ3) is 4.13. The van der Waals surface area contributed by atoms with E-state index in [1.807, 2.05) is 6.07 Å². The van der Waals surface area contributed by atoms with Crippen LogP contribution in [0.25, 0.3) is 0 Å². The average Bonchev–Trinajstić information content (AvgIpc) is 3.20. The molecule has 2 saturated heterocycles. The van der Waals surface area contributed by atoms with Crippen molar-refractivity contribution in [2.45, 2.75) is 82.6 Å². The summed E-state index contributed by atoms with van der Waals surface area (Å²) in [4.78, 5) is 12.8. The number of ether oxygens (including phenoxy) is 1. The lowest BCUT2D eigenvalue weighted by Crippen LogP contribution is -2.63. The molecule has 2 fully saturated rings. The molecule has 1 amide bonds. The first kappa shape index (κ1) is 18.7. The third-order valence-electron chi connectivity index (χ3n) is 5.87. The van der Waals surface area contributed by atoms with Gasteiger partial charge in [-0.2, -0.15) is 0 Å². The summed E-state index contributed by atoms with van der Waals surface area (Å²) < 4.78 is 5.59. The first-order valence-electron chi connectivity index (χ1n) is 10.1. The quantitative estimate of drug-likeness (QED) is 0.653. The van der Waals surface area contributed by atoms with Gasteiger partial charge in [-0.15, -0.1) is 0 Å². The maximum absolute atomic E-state index is 12.8. The van der Waals surface area contributed by atoms with Crippen molar-refractivity contribution < 1.29 is 9.53 Å². The molecule has 0 radical (unpaired) electrons. The van der Waals surface area contributed by atoms with Crippen molar-refractivity contribution in [1.82, 2.24) is 21.5 Å². The number of fused-ring (bicyclic) bond motifs is 1. The Morgan fingerprint density at radius 2 is 1.89 bits per heavy atom. The van der Waals surface area contributed by atoms with Crippen molar-refractivity contribution in [3.63, 3.8) is 0 Å². The summed E-state index contributed by atoms with van der Waals surface area (Å²) in [6.45, 7) is 9.58. The van der Waals surface area contributed by atoms with Crippen molar-refractivity contribution in [3.05, 3.63) is 29.3 Å². The first-order valence-corrected chi connectivity index (χ1v) is 10.1. The highest BCUT2D eigenvalue weighted by molar-refractivity contribution is 5.82. The second-order valence-electron chi connectivity index (χ2n) is 9.60. The summed E-state index contributed by atoms with van der Waals surface area (Å²) in [5.74, 6) is 1.09. The number of rotatable bonds is 3. The summed E-state index contributed by atoms with van der Waals surface area (Å²) in [5, 5.41) is 6.95. The summed E-state index contributed by atoms with van der Waals surface area (Å²) in [6, 6.07) is 6.49. The molecule has 3 aliphatic rings. The van der Waals surface area contributed by atoms with Crippen molar-refractivity contribution in [2.24, 2.45) is 0 Å². The van der Waals surface area contributed by atoms with Crippen LogP contribution < -0.4 is 26.2 Å². The van der Waals surface area contributed by atoms with Gasteiger partial charge in [0, 0.05) is 29.6 Å². The Balaban J connectivity index is 1.37. The Bertz CT molecular complexity index is 715. The fraction of sp³-hybridized carbons (Fsp3) is 0.667. The molecule has 148 valence electrons.